The van der Waals surface area contributed by atoms with Crippen molar-refractivity contribution in [1.29, 1.82) is 0 Å². The molecule has 7 heteroatoms. The second-order valence-electron chi connectivity index (χ2n) is 8.74. The van der Waals surface area contributed by atoms with Crippen LogP contribution in [0.3, 0.4) is 0 Å². The van der Waals surface area contributed by atoms with Gasteiger partial charge in [0.2, 0.25) is 5.91 Å². The summed E-state index contributed by atoms with van der Waals surface area (Å²) in [6.45, 7) is 9.33. The molecule has 2 amide bonds. The van der Waals surface area contributed by atoms with Crippen molar-refractivity contribution in [3.8, 4) is 5.75 Å². The highest BCUT2D eigenvalue weighted by Gasteiger charge is 2.38. The van der Waals surface area contributed by atoms with Crippen molar-refractivity contribution in [3.05, 3.63) is 59.7 Å². The molecule has 0 radical (unpaired) electrons. The van der Waals surface area contributed by atoms with Crippen molar-refractivity contribution < 1.29 is 19.1 Å². The topological polar surface area (TPSA) is 71.1 Å². The Morgan fingerprint density at radius 1 is 1.15 bits per heavy atom. The van der Waals surface area contributed by atoms with Crippen LogP contribution in [-0.2, 0) is 16.1 Å². The molecule has 0 aliphatic carbocycles. The fraction of sp³-hybridized carbons (Fsp3) is 0.462. The number of hydrogen-bond acceptors (Lipinski definition) is 5. The van der Waals surface area contributed by atoms with Crippen LogP contribution < -0.4 is 10.1 Å². The Labute approximate surface area is 195 Å². The van der Waals surface area contributed by atoms with E-state index in [1.54, 1.807) is 4.90 Å². The van der Waals surface area contributed by atoms with Gasteiger partial charge in [0.1, 0.15) is 18.4 Å². The van der Waals surface area contributed by atoms with Crippen LogP contribution in [0.5, 0.6) is 5.75 Å². The Kier molecular flexibility index (Phi) is 7.62. The molecular formula is C26H33N3O4. The molecule has 0 bridgehead atoms. The van der Waals surface area contributed by atoms with E-state index in [1.165, 1.54) is 0 Å². The van der Waals surface area contributed by atoms with Gasteiger partial charge in [0.25, 0.3) is 5.91 Å². The molecule has 2 aliphatic rings. The lowest BCUT2D eigenvalue weighted by Crippen LogP contribution is -2.48. The average Bonchev–Trinajstić information content (AvgIpc) is 3.16. The average molecular weight is 452 g/mol. The van der Waals surface area contributed by atoms with Crippen molar-refractivity contribution in [2.45, 2.75) is 32.9 Å². The van der Waals surface area contributed by atoms with E-state index in [2.05, 4.69) is 10.2 Å². The Balaban J connectivity index is 1.40. The van der Waals surface area contributed by atoms with E-state index in [0.29, 0.717) is 30.2 Å². The van der Waals surface area contributed by atoms with E-state index in [1.807, 2.05) is 62.4 Å². The minimum Gasteiger partial charge on any atom is -0.492 e. The Morgan fingerprint density at radius 2 is 1.94 bits per heavy atom. The van der Waals surface area contributed by atoms with Gasteiger partial charge in [-0.3, -0.25) is 14.5 Å². The van der Waals surface area contributed by atoms with Gasteiger partial charge in [-0.25, -0.2) is 0 Å². The second kappa shape index (κ2) is 10.8. The number of anilines is 1. The molecule has 33 heavy (non-hydrogen) atoms. The predicted octanol–water partition coefficient (Wildman–Crippen LogP) is 3.41. The summed E-state index contributed by atoms with van der Waals surface area (Å²) in [6.07, 6.45) is 0.795. The minimum absolute atomic E-state index is 0.0243. The Hall–Kier alpha value is -2.90. The van der Waals surface area contributed by atoms with Crippen molar-refractivity contribution in [1.82, 2.24) is 9.80 Å². The first kappa shape index (κ1) is 23.3. The molecule has 1 saturated heterocycles. The van der Waals surface area contributed by atoms with Crippen LogP contribution in [0.2, 0.25) is 0 Å². The summed E-state index contributed by atoms with van der Waals surface area (Å²) in [7, 11) is 0. The highest BCUT2D eigenvalue weighted by Crippen LogP contribution is 2.29. The van der Waals surface area contributed by atoms with Gasteiger partial charge >= 0.3 is 0 Å². The molecular weight excluding hydrogens is 418 g/mol. The summed E-state index contributed by atoms with van der Waals surface area (Å²) < 4.78 is 11.3. The number of nitrogens with one attached hydrogen (secondary N) is 1. The van der Waals surface area contributed by atoms with Gasteiger partial charge in [-0.1, -0.05) is 44.5 Å². The first-order valence-electron chi connectivity index (χ1n) is 11.8. The molecule has 0 saturated carbocycles. The number of nitrogens with zero attached hydrogens (tertiary/aromatic N) is 2. The van der Waals surface area contributed by atoms with Crippen LogP contribution >= 0.6 is 0 Å². The molecule has 2 aliphatic heterocycles. The van der Waals surface area contributed by atoms with Crippen LogP contribution in [0.15, 0.2) is 48.5 Å². The van der Waals surface area contributed by atoms with Gasteiger partial charge in [0.05, 0.1) is 13.2 Å². The van der Waals surface area contributed by atoms with Gasteiger partial charge in [0, 0.05) is 43.5 Å². The lowest BCUT2D eigenvalue weighted by molar-refractivity contribution is -0.122. The summed E-state index contributed by atoms with van der Waals surface area (Å²) in [5.41, 5.74) is 2.33. The molecule has 0 spiro atoms. The molecule has 176 valence electrons. The summed E-state index contributed by atoms with van der Waals surface area (Å²) in [5, 5.41) is 3.02. The highest BCUT2D eigenvalue weighted by atomic mass is 16.5. The van der Waals surface area contributed by atoms with Crippen LogP contribution in [0.1, 0.15) is 36.2 Å². The normalized spacial score (nSPS) is 18.0. The zero-order chi connectivity index (χ0) is 23.2. The molecule has 2 unspecified atom stereocenters. The number of rotatable bonds is 9. The van der Waals surface area contributed by atoms with Crippen molar-refractivity contribution in [3.63, 3.8) is 0 Å². The number of ether oxygens (including phenoxy) is 2. The lowest BCUT2D eigenvalue weighted by Gasteiger charge is -2.31. The van der Waals surface area contributed by atoms with E-state index < -0.39 is 6.04 Å². The van der Waals surface area contributed by atoms with Gasteiger partial charge in [-0.05, 0) is 29.7 Å². The number of morpholine rings is 1. The SMILES string of the molecule is CCC(C)C(C(=O)Nc1cccc(OCCN2CCOCC2)c1)N1Cc2ccccc2C1=O. The molecule has 2 aromatic carbocycles. The largest absolute Gasteiger partial charge is 0.492 e. The quantitative estimate of drug-likeness (QED) is 0.633. The zero-order valence-electron chi connectivity index (χ0n) is 19.5. The first-order chi connectivity index (χ1) is 16.1. The summed E-state index contributed by atoms with van der Waals surface area (Å²) in [4.78, 5) is 30.4. The number of amides is 2. The third kappa shape index (κ3) is 5.54. The molecule has 2 atom stereocenters. The number of hydrogen-bond donors (Lipinski definition) is 1. The fourth-order valence-electron chi connectivity index (χ4n) is 4.43. The van der Waals surface area contributed by atoms with Crippen molar-refractivity contribution in [2.24, 2.45) is 5.92 Å². The number of carbonyl (C=O) groups excluding carboxylic acids is 2. The number of benzene rings is 2. The molecule has 1 fully saturated rings. The van der Waals surface area contributed by atoms with Crippen molar-refractivity contribution in [2.75, 3.05) is 44.8 Å². The summed E-state index contributed by atoms with van der Waals surface area (Å²) in [6, 6.07) is 14.5. The molecule has 0 aromatic heterocycles. The maximum absolute atomic E-state index is 13.4. The molecule has 7 nitrogen and oxygen atoms in total. The smallest absolute Gasteiger partial charge is 0.255 e. The van der Waals surface area contributed by atoms with Gasteiger partial charge in [0.15, 0.2) is 0 Å². The maximum Gasteiger partial charge on any atom is 0.255 e. The molecule has 2 aromatic rings. The standard InChI is InChI=1S/C26H33N3O4/c1-3-19(2)24(29-18-20-7-4-5-10-23(20)26(29)31)25(30)27-21-8-6-9-22(17-21)33-16-13-28-11-14-32-15-12-28/h4-10,17,19,24H,3,11-16,18H2,1-2H3,(H,27,30). The van der Waals surface area contributed by atoms with Crippen molar-refractivity contribution >= 4 is 17.5 Å². The third-order valence-electron chi connectivity index (χ3n) is 6.52. The Morgan fingerprint density at radius 3 is 2.70 bits per heavy atom. The second-order valence-corrected chi connectivity index (χ2v) is 8.74. The molecule has 4 rings (SSSR count). The summed E-state index contributed by atoms with van der Waals surface area (Å²) >= 11 is 0. The summed E-state index contributed by atoms with van der Waals surface area (Å²) in [5.74, 6) is 0.490. The van der Waals surface area contributed by atoms with E-state index in [4.69, 9.17) is 9.47 Å². The van der Waals surface area contributed by atoms with Gasteiger partial charge in [-0.2, -0.15) is 0 Å². The first-order valence-corrected chi connectivity index (χ1v) is 11.8. The van der Waals surface area contributed by atoms with E-state index in [-0.39, 0.29) is 17.7 Å². The number of carbonyl (C=O) groups is 2. The van der Waals surface area contributed by atoms with Crippen LogP contribution in [0.4, 0.5) is 5.69 Å². The van der Waals surface area contributed by atoms with E-state index >= 15 is 0 Å². The predicted molar refractivity (Wildman–Crippen MR) is 127 cm³/mol. The van der Waals surface area contributed by atoms with Crippen LogP contribution in [0.25, 0.3) is 0 Å². The Bertz CT molecular complexity index is 974. The van der Waals surface area contributed by atoms with E-state index in [9.17, 15) is 9.59 Å². The van der Waals surface area contributed by atoms with Gasteiger partial charge in [-0.15, -0.1) is 0 Å². The van der Waals surface area contributed by atoms with E-state index in [0.717, 1.165) is 44.8 Å². The highest BCUT2D eigenvalue weighted by molar-refractivity contribution is 6.03. The lowest BCUT2D eigenvalue weighted by atomic mass is 9.96. The minimum atomic E-state index is -0.541. The third-order valence-corrected chi connectivity index (χ3v) is 6.52. The maximum atomic E-state index is 13.4. The van der Waals surface area contributed by atoms with Crippen LogP contribution in [-0.4, -0.2) is 67.1 Å². The molecule has 1 N–H and O–H groups in total. The van der Waals surface area contributed by atoms with Gasteiger partial charge < -0.3 is 19.7 Å². The van der Waals surface area contributed by atoms with Crippen LogP contribution in [0, 0.1) is 5.92 Å². The fourth-order valence-corrected chi connectivity index (χ4v) is 4.43. The monoisotopic (exact) mass is 451 g/mol. The molecule has 2 heterocycles. The number of fused-ring (bicyclic) bond motifs is 1. The zero-order valence-corrected chi connectivity index (χ0v) is 19.5.